The summed E-state index contributed by atoms with van der Waals surface area (Å²) in [5.41, 5.74) is 8.90. The Morgan fingerprint density at radius 1 is 1.21 bits per heavy atom. The predicted octanol–water partition coefficient (Wildman–Crippen LogP) is 2.08. The number of nitrogen functional groups attached to an aromatic ring is 1. The molecule has 2 aromatic heterocycles. The molecule has 0 aliphatic heterocycles. The van der Waals surface area contributed by atoms with Crippen molar-refractivity contribution in [1.29, 1.82) is 0 Å². The van der Waals surface area contributed by atoms with Crippen molar-refractivity contribution in [3.63, 3.8) is 0 Å². The van der Waals surface area contributed by atoms with E-state index in [1.807, 2.05) is 25.1 Å². The van der Waals surface area contributed by atoms with E-state index in [4.69, 9.17) is 10.3 Å². The summed E-state index contributed by atoms with van der Waals surface area (Å²) in [5, 5.41) is 3.89. The highest BCUT2D eigenvalue weighted by atomic mass is 16.5. The first-order valence-corrected chi connectivity index (χ1v) is 5.71. The zero-order valence-electron chi connectivity index (χ0n) is 10.2. The van der Waals surface area contributed by atoms with Crippen LogP contribution in [-0.2, 0) is 0 Å². The van der Waals surface area contributed by atoms with Gasteiger partial charge < -0.3 is 10.3 Å². The van der Waals surface area contributed by atoms with Crippen LogP contribution in [0.4, 0.5) is 5.69 Å². The minimum atomic E-state index is 0.377. The lowest BCUT2D eigenvalue weighted by Crippen LogP contribution is -1.93. The van der Waals surface area contributed by atoms with Crippen LogP contribution in [0.3, 0.4) is 0 Å². The van der Waals surface area contributed by atoms with E-state index >= 15 is 0 Å². The Bertz CT molecular complexity index is 708. The third kappa shape index (κ3) is 2.03. The number of nitrogens with two attached hydrogens (primary N) is 1. The summed E-state index contributed by atoms with van der Waals surface area (Å²) in [6.45, 7) is 1.93. The first-order valence-electron chi connectivity index (χ1n) is 5.71. The summed E-state index contributed by atoms with van der Waals surface area (Å²) in [7, 11) is 0. The van der Waals surface area contributed by atoms with E-state index in [-0.39, 0.29) is 0 Å². The van der Waals surface area contributed by atoms with E-state index in [1.165, 1.54) is 0 Å². The number of aryl methyl sites for hydroxylation is 1. The van der Waals surface area contributed by atoms with Gasteiger partial charge in [0.05, 0.1) is 11.8 Å². The van der Waals surface area contributed by atoms with Gasteiger partial charge in [0.1, 0.15) is 5.69 Å². The first-order chi connectivity index (χ1) is 9.25. The molecule has 94 valence electrons. The SMILES string of the molecule is Cc1cccc(-c2nc(-c3cnccn3)no2)c1N. The molecule has 2 N–H and O–H groups in total. The largest absolute Gasteiger partial charge is 0.398 e. The molecule has 3 aromatic rings. The molecule has 19 heavy (non-hydrogen) atoms. The maximum atomic E-state index is 6.01. The van der Waals surface area contributed by atoms with Crippen LogP contribution in [0, 0.1) is 6.92 Å². The first kappa shape index (κ1) is 11.3. The van der Waals surface area contributed by atoms with E-state index in [9.17, 15) is 0 Å². The van der Waals surface area contributed by atoms with Crippen molar-refractivity contribution in [1.82, 2.24) is 20.1 Å². The minimum absolute atomic E-state index is 0.377. The Balaban J connectivity index is 2.05. The fourth-order valence-corrected chi connectivity index (χ4v) is 1.72. The smallest absolute Gasteiger partial charge is 0.260 e. The molecular formula is C13H11N5O. The van der Waals surface area contributed by atoms with Gasteiger partial charge in [0.25, 0.3) is 5.89 Å². The minimum Gasteiger partial charge on any atom is -0.398 e. The van der Waals surface area contributed by atoms with Gasteiger partial charge in [0, 0.05) is 18.1 Å². The Kier molecular flexibility index (Phi) is 2.68. The van der Waals surface area contributed by atoms with E-state index in [0.29, 0.717) is 23.1 Å². The number of para-hydroxylation sites is 1. The second kappa shape index (κ2) is 4.49. The number of hydrogen-bond donors (Lipinski definition) is 1. The molecular weight excluding hydrogens is 242 g/mol. The second-order valence-corrected chi connectivity index (χ2v) is 4.05. The van der Waals surface area contributed by atoms with Crippen LogP contribution in [0.1, 0.15) is 5.56 Å². The molecule has 3 rings (SSSR count). The van der Waals surface area contributed by atoms with Crippen LogP contribution in [-0.4, -0.2) is 20.1 Å². The van der Waals surface area contributed by atoms with Crippen LogP contribution in [0.2, 0.25) is 0 Å². The summed E-state index contributed by atoms with van der Waals surface area (Å²) in [4.78, 5) is 12.4. The van der Waals surface area contributed by atoms with Gasteiger partial charge in [-0.05, 0) is 18.6 Å². The van der Waals surface area contributed by atoms with Crippen LogP contribution in [0.25, 0.3) is 23.0 Å². The number of rotatable bonds is 2. The third-order valence-electron chi connectivity index (χ3n) is 2.77. The molecule has 2 heterocycles. The van der Waals surface area contributed by atoms with Crippen LogP contribution >= 0.6 is 0 Å². The van der Waals surface area contributed by atoms with E-state index in [2.05, 4.69) is 20.1 Å². The lowest BCUT2D eigenvalue weighted by molar-refractivity contribution is 0.432. The van der Waals surface area contributed by atoms with Crippen molar-refractivity contribution in [2.24, 2.45) is 0 Å². The van der Waals surface area contributed by atoms with Crippen molar-refractivity contribution in [2.45, 2.75) is 6.92 Å². The number of nitrogens with zero attached hydrogens (tertiary/aromatic N) is 4. The van der Waals surface area contributed by atoms with E-state index in [0.717, 1.165) is 11.1 Å². The van der Waals surface area contributed by atoms with Crippen molar-refractivity contribution < 1.29 is 4.52 Å². The normalized spacial score (nSPS) is 10.6. The number of benzene rings is 1. The van der Waals surface area contributed by atoms with Crippen molar-refractivity contribution in [3.8, 4) is 23.0 Å². The zero-order chi connectivity index (χ0) is 13.2. The molecule has 0 bridgehead atoms. The Morgan fingerprint density at radius 2 is 2.11 bits per heavy atom. The molecule has 6 nitrogen and oxygen atoms in total. The summed E-state index contributed by atoms with van der Waals surface area (Å²) in [6.07, 6.45) is 4.74. The summed E-state index contributed by atoms with van der Waals surface area (Å²) in [6, 6.07) is 5.67. The highest BCUT2D eigenvalue weighted by molar-refractivity contribution is 5.73. The average Bonchev–Trinajstić information content (AvgIpc) is 2.92. The van der Waals surface area contributed by atoms with Gasteiger partial charge >= 0.3 is 0 Å². The highest BCUT2D eigenvalue weighted by Gasteiger charge is 2.14. The molecule has 0 radical (unpaired) electrons. The van der Waals surface area contributed by atoms with Gasteiger partial charge in [-0.2, -0.15) is 4.98 Å². The summed E-state index contributed by atoms with van der Waals surface area (Å²) in [5.74, 6) is 0.769. The number of hydrogen-bond acceptors (Lipinski definition) is 6. The second-order valence-electron chi connectivity index (χ2n) is 4.05. The lowest BCUT2D eigenvalue weighted by Gasteiger charge is -2.02. The van der Waals surface area contributed by atoms with Crippen molar-refractivity contribution >= 4 is 5.69 Å². The molecule has 0 saturated heterocycles. The molecule has 0 atom stereocenters. The van der Waals surface area contributed by atoms with Crippen molar-refractivity contribution in [3.05, 3.63) is 42.4 Å². The zero-order valence-corrected chi connectivity index (χ0v) is 10.2. The van der Waals surface area contributed by atoms with Crippen molar-refractivity contribution in [2.75, 3.05) is 5.73 Å². The van der Waals surface area contributed by atoms with E-state index in [1.54, 1.807) is 18.6 Å². The topological polar surface area (TPSA) is 90.7 Å². The molecule has 0 aliphatic carbocycles. The molecule has 0 unspecified atom stereocenters. The van der Waals surface area contributed by atoms with Gasteiger partial charge in [-0.25, -0.2) is 4.98 Å². The predicted molar refractivity (Wildman–Crippen MR) is 69.9 cm³/mol. The molecule has 0 aliphatic rings. The fourth-order valence-electron chi connectivity index (χ4n) is 1.72. The van der Waals surface area contributed by atoms with Crippen LogP contribution < -0.4 is 5.73 Å². The standard InChI is InChI=1S/C13H11N5O/c1-8-3-2-4-9(11(8)14)13-17-12(18-19-13)10-7-15-5-6-16-10/h2-7H,14H2,1H3. The van der Waals surface area contributed by atoms with Crippen LogP contribution in [0.5, 0.6) is 0 Å². The van der Waals surface area contributed by atoms with Crippen LogP contribution in [0.15, 0.2) is 41.3 Å². The quantitative estimate of drug-likeness (QED) is 0.703. The monoisotopic (exact) mass is 253 g/mol. The molecule has 6 heteroatoms. The Labute approximate surface area is 109 Å². The lowest BCUT2D eigenvalue weighted by atomic mass is 10.1. The molecule has 1 aromatic carbocycles. The Morgan fingerprint density at radius 3 is 2.89 bits per heavy atom. The van der Waals surface area contributed by atoms with Gasteiger partial charge in [0.2, 0.25) is 5.82 Å². The summed E-state index contributed by atoms with van der Waals surface area (Å²) >= 11 is 0. The molecule has 0 fully saturated rings. The van der Waals surface area contributed by atoms with Gasteiger partial charge in [-0.15, -0.1) is 0 Å². The van der Waals surface area contributed by atoms with Gasteiger partial charge in [0.15, 0.2) is 0 Å². The third-order valence-corrected chi connectivity index (χ3v) is 2.77. The number of aromatic nitrogens is 4. The Hall–Kier alpha value is -2.76. The summed E-state index contributed by atoms with van der Waals surface area (Å²) < 4.78 is 5.23. The average molecular weight is 253 g/mol. The number of anilines is 1. The molecule has 0 spiro atoms. The maximum Gasteiger partial charge on any atom is 0.260 e. The fraction of sp³-hybridized carbons (Fsp3) is 0.0769. The maximum absolute atomic E-state index is 6.01. The highest BCUT2D eigenvalue weighted by Crippen LogP contribution is 2.27. The molecule has 0 saturated carbocycles. The van der Waals surface area contributed by atoms with Gasteiger partial charge in [-0.3, -0.25) is 4.98 Å². The molecule has 0 amide bonds. The van der Waals surface area contributed by atoms with E-state index < -0.39 is 0 Å². The van der Waals surface area contributed by atoms with Gasteiger partial charge in [-0.1, -0.05) is 17.3 Å².